The maximum Gasteiger partial charge on any atom is 0.131 e. The van der Waals surface area contributed by atoms with Crippen molar-refractivity contribution in [1.82, 2.24) is 4.98 Å². The number of rotatable bonds is 0. The second-order valence-corrected chi connectivity index (χ2v) is 3.93. The third kappa shape index (κ3) is 1.55. The number of nitrogens with zero attached hydrogens (tertiary/aromatic N) is 2. The van der Waals surface area contributed by atoms with Gasteiger partial charge in [0.1, 0.15) is 18.3 Å². The molecule has 0 fully saturated rings. The van der Waals surface area contributed by atoms with Gasteiger partial charge in [-0.2, -0.15) is 5.26 Å². The molecule has 3 heteroatoms. The predicted octanol–water partition coefficient (Wildman–Crippen LogP) is 2.63. The Morgan fingerprint density at radius 2 is 2.00 bits per heavy atom. The van der Waals surface area contributed by atoms with Crippen molar-refractivity contribution in [2.75, 3.05) is 0 Å². The van der Waals surface area contributed by atoms with Crippen molar-refractivity contribution in [2.45, 2.75) is 12.5 Å². The lowest BCUT2D eigenvalue weighted by atomic mass is 9.92. The van der Waals surface area contributed by atoms with Gasteiger partial charge in [0, 0.05) is 11.8 Å². The molecule has 82 valence electrons. The highest BCUT2D eigenvalue weighted by Crippen LogP contribution is 2.35. The van der Waals surface area contributed by atoms with Gasteiger partial charge in [-0.3, -0.25) is 4.98 Å². The van der Waals surface area contributed by atoms with E-state index in [9.17, 15) is 5.26 Å². The van der Waals surface area contributed by atoms with E-state index < -0.39 is 0 Å². The molecular formula is C14H10N2O. The van der Waals surface area contributed by atoms with Crippen molar-refractivity contribution >= 4 is 0 Å². The Morgan fingerprint density at radius 3 is 2.88 bits per heavy atom. The molecule has 0 saturated carbocycles. The van der Waals surface area contributed by atoms with Crippen molar-refractivity contribution in [2.24, 2.45) is 0 Å². The summed E-state index contributed by atoms with van der Waals surface area (Å²) >= 11 is 0. The van der Waals surface area contributed by atoms with Crippen molar-refractivity contribution in [3.8, 4) is 11.8 Å². The summed E-state index contributed by atoms with van der Waals surface area (Å²) in [7, 11) is 0. The Bertz CT molecular complexity index is 554. The van der Waals surface area contributed by atoms with Crippen molar-refractivity contribution in [1.29, 1.82) is 5.26 Å². The molecule has 0 saturated heterocycles. The molecule has 0 unspecified atom stereocenters. The number of para-hydroxylation sites is 1. The van der Waals surface area contributed by atoms with E-state index in [0.717, 1.165) is 22.6 Å². The molecule has 0 spiro atoms. The van der Waals surface area contributed by atoms with E-state index in [1.807, 2.05) is 36.4 Å². The van der Waals surface area contributed by atoms with E-state index in [2.05, 4.69) is 11.1 Å². The van der Waals surface area contributed by atoms with Gasteiger partial charge in [-0.05, 0) is 17.7 Å². The van der Waals surface area contributed by atoms with E-state index in [-0.39, 0.29) is 5.92 Å². The van der Waals surface area contributed by atoms with Gasteiger partial charge in [0.15, 0.2) is 0 Å². The van der Waals surface area contributed by atoms with Gasteiger partial charge in [-0.15, -0.1) is 0 Å². The van der Waals surface area contributed by atoms with Crippen LogP contribution in [0.15, 0.2) is 42.6 Å². The Balaban J connectivity index is 2.23. The van der Waals surface area contributed by atoms with Crippen LogP contribution in [0.25, 0.3) is 0 Å². The van der Waals surface area contributed by atoms with Crippen LogP contribution < -0.4 is 4.74 Å². The van der Waals surface area contributed by atoms with Crippen molar-refractivity contribution in [3.05, 3.63) is 59.4 Å². The fourth-order valence-electron chi connectivity index (χ4n) is 2.14. The molecule has 17 heavy (non-hydrogen) atoms. The summed E-state index contributed by atoms with van der Waals surface area (Å²) in [5, 5.41) is 9.38. The number of ether oxygens (including phenoxy) is 1. The Morgan fingerprint density at radius 1 is 1.18 bits per heavy atom. The third-order valence-electron chi connectivity index (χ3n) is 2.96. The number of hydrogen-bond donors (Lipinski definition) is 0. The number of fused-ring (bicyclic) bond motifs is 2. The molecule has 0 N–H and O–H groups in total. The van der Waals surface area contributed by atoms with Crippen LogP contribution in [0.1, 0.15) is 22.7 Å². The maximum atomic E-state index is 9.38. The summed E-state index contributed by atoms with van der Waals surface area (Å²) in [4.78, 5) is 4.28. The lowest BCUT2D eigenvalue weighted by Gasteiger charge is -2.10. The molecule has 3 nitrogen and oxygen atoms in total. The van der Waals surface area contributed by atoms with Gasteiger partial charge in [0.2, 0.25) is 0 Å². The SMILES string of the molecule is N#C[C@H]1c2ccccc2OCc2ncccc21. The molecule has 1 aromatic heterocycles. The standard InChI is InChI=1S/C14H10N2O/c15-8-12-10-5-3-7-16-13(10)9-17-14-6-2-1-4-11(12)14/h1-7,12H,9H2/t12-/m1/s1. The molecule has 0 amide bonds. The maximum absolute atomic E-state index is 9.38. The first-order chi connectivity index (χ1) is 8.40. The largest absolute Gasteiger partial charge is 0.487 e. The Labute approximate surface area is 99.3 Å². The number of benzene rings is 1. The van der Waals surface area contributed by atoms with Crippen molar-refractivity contribution in [3.63, 3.8) is 0 Å². The van der Waals surface area contributed by atoms with Gasteiger partial charge >= 0.3 is 0 Å². The number of aromatic nitrogens is 1. The Hall–Kier alpha value is -2.34. The minimum atomic E-state index is -0.294. The molecule has 0 bridgehead atoms. The first kappa shape index (κ1) is 9.86. The van der Waals surface area contributed by atoms with Crippen LogP contribution in [0.5, 0.6) is 5.75 Å². The molecule has 1 aliphatic heterocycles. The zero-order chi connectivity index (χ0) is 11.7. The average molecular weight is 222 g/mol. The highest BCUT2D eigenvalue weighted by molar-refractivity contribution is 5.48. The normalized spacial score (nSPS) is 17.0. The zero-order valence-corrected chi connectivity index (χ0v) is 9.13. The van der Waals surface area contributed by atoms with Crippen LogP contribution >= 0.6 is 0 Å². The van der Waals surface area contributed by atoms with Crippen LogP contribution in [0.2, 0.25) is 0 Å². The van der Waals surface area contributed by atoms with Gasteiger partial charge in [-0.25, -0.2) is 0 Å². The first-order valence-electron chi connectivity index (χ1n) is 5.45. The van der Waals surface area contributed by atoms with E-state index in [1.165, 1.54) is 0 Å². The highest BCUT2D eigenvalue weighted by atomic mass is 16.5. The molecular weight excluding hydrogens is 212 g/mol. The number of hydrogen-bond acceptors (Lipinski definition) is 3. The summed E-state index contributed by atoms with van der Waals surface area (Å²) in [6.07, 6.45) is 1.73. The second kappa shape index (κ2) is 3.91. The van der Waals surface area contributed by atoms with Crippen LogP contribution in [-0.2, 0) is 6.61 Å². The van der Waals surface area contributed by atoms with E-state index >= 15 is 0 Å². The smallest absolute Gasteiger partial charge is 0.131 e. The quantitative estimate of drug-likeness (QED) is 0.688. The van der Waals surface area contributed by atoms with Gasteiger partial charge in [0.05, 0.1) is 11.8 Å². The predicted molar refractivity (Wildman–Crippen MR) is 62.5 cm³/mol. The molecule has 2 heterocycles. The summed E-state index contributed by atoms with van der Waals surface area (Å²) in [5.41, 5.74) is 2.71. The van der Waals surface area contributed by atoms with E-state index in [4.69, 9.17) is 4.74 Å². The lowest BCUT2D eigenvalue weighted by Crippen LogP contribution is -2.01. The fraction of sp³-hybridized carbons (Fsp3) is 0.143. The highest BCUT2D eigenvalue weighted by Gasteiger charge is 2.24. The summed E-state index contributed by atoms with van der Waals surface area (Å²) in [6.45, 7) is 0.422. The summed E-state index contributed by atoms with van der Waals surface area (Å²) in [6, 6.07) is 13.8. The molecule has 3 rings (SSSR count). The minimum absolute atomic E-state index is 0.294. The van der Waals surface area contributed by atoms with Crippen molar-refractivity contribution < 1.29 is 4.74 Å². The molecule has 1 aromatic carbocycles. The summed E-state index contributed by atoms with van der Waals surface area (Å²) < 4.78 is 5.69. The number of nitriles is 1. The van der Waals surface area contributed by atoms with Gasteiger partial charge < -0.3 is 4.74 Å². The zero-order valence-electron chi connectivity index (χ0n) is 9.13. The number of pyridine rings is 1. The second-order valence-electron chi connectivity index (χ2n) is 3.93. The van der Waals surface area contributed by atoms with Crippen LogP contribution in [0, 0.1) is 11.3 Å². The van der Waals surface area contributed by atoms with E-state index in [0.29, 0.717) is 6.61 Å². The van der Waals surface area contributed by atoms with Crippen LogP contribution in [0.3, 0.4) is 0 Å². The van der Waals surface area contributed by atoms with Crippen LogP contribution in [0.4, 0.5) is 0 Å². The monoisotopic (exact) mass is 222 g/mol. The third-order valence-corrected chi connectivity index (χ3v) is 2.96. The Kier molecular flexibility index (Phi) is 2.27. The molecule has 0 radical (unpaired) electrons. The fourth-order valence-corrected chi connectivity index (χ4v) is 2.14. The summed E-state index contributed by atoms with van der Waals surface area (Å²) in [5.74, 6) is 0.481. The van der Waals surface area contributed by atoms with E-state index in [1.54, 1.807) is 6.20 Å². The lowest BCUT2D eigenvalue weighted by molar-refractivity contribution is 0.302. The minimum Gasteiger partial charge on any atom is -0.487 e. The molecule has 1 aliphatic rings. The van der Waals surface area contributed by atoms with Crippen LogP contribution in [-0.4, -0.2) is 4.98 Å². The van der Waals surface area contributed by atoms with Gasteiger partial charge in [-0.1, -0.05) is 24.3 Å². The average Bonchev–Trinajstić information content (AvgIpc) is 2.55. The molecule has 0 aliphatic carbocycles. The first-order valence-corrected chi connectivity index (χ1v) is 5.45. The topological polar surface area (TPSA) is 45.9 Å². The molecule has 2 aromatic rings. The van der Waals surface area contributed by atoms with Gasteiger partial charge in [0.25, 0.3) is 0 Å². The molecule has 1 atom stereocenters.